The van der Waals surface area contributed by atoms with Gasteiger partial charge in [0.15, 0.2) is 0 Å². The number of Topliss-reactive ketones (excluding diaryl/α,β-unsaturated/α-hetero) is 1. The lowest BCUT2D eigenvalue weighted by molar-refractivity contribution is -0.134. The van der Waals surface area contributed by atoms with Crippen molar-refractivity contribution >= 4 is 23.5 Å². The molecule has 0 saturated heterocycles. The van der Waals surface area contributed by atoms with Crippen molar-refractivity contribution in [2.75, 3.05) is 40.5 Å². The molecule has 27 heavy (non-hydrogen) atoms. The monoisotopic (exact) mass is 387 g/mol. The predicted octanol–water partition coefficient (Wildman–Crippen LogP) is -0.625. The summed E-state index contributed by atoms with van der Waals surface area (Å²) in [5, 5.41) is 16.3. The van der Waals surface area contributed by atoms with Crippen LogP contribution in [0.15, 0.2) is 0 Å². The largest absolute Gasteiger partial charge is 0.396 e. The molecule has 0 rings (SSSR count). The maximum atomic E-state index is 12.3. The lowest BCUT2D eigenvalue weighted by Crippen LogP contribution is -2.36. The highest BCUT2D eigenvalue weighted by Crippen LogP contribution is 2.14. The van der Waals surface area contributed by atoms with Crippen molar-refractivity contribution in [3.63, 3.8) is 0 Å². The predicted molar refractivity (Wildman–Crippen MR) is 99.8 cm³/mol. The molecular formula is C18H33N3O6. The van der Waals surface area contributed by atoms with Crippen LogP contribution in [0, 0.1) is 11.8 Å². The van der Waals surface area contributed by atoms with Crippen LogP contribution < -0.4 is 16.0 Å². The van der Waals surface area contributed by atoms with E-state index in [1.54, 1.807) is 6.92 Å². The molecule has 0 aromatic carbocycles. The molecule has 0 aromatic heterocycles. The van der Waals surface area contributed by atoms with Gasteiger partial charge >= 0.3 is 0 Å². The van der Waals surface area contributed by atoms with Crippen LogP contribution in [-0.2, 0) is 23.9 Å². The Balaban J connectivity index is 4.48. The fraction of sp³-hybridized carbons (Fsp3) is 0.778. The van der Waals surface area contributed by atoms with E-state index in [-0.39, 0.29) is 49.4 Å². The molecule has 0 fully saturated rings. The zero-order valence-corrected chi connectivity index (χ0v) is 16.5. The molecule has 0 spiro atoms. The Kier molecular flexibility index (Phi) is 14.0. The second-order valence-corrected chi connectivity index (χ2v) is 6.37. The van der Waals surface area contributed by atoms with E-state index in [0.29, 0.717) is 32.6 Å². The molecule has 0 bridgehead atoms. The molecule has 0 aliphatic heterocycles. The summed E-state index contributed by atoms with van der Waals surface area (Å²) in [4.78, 5) is 47.7. The van der Waals surface area contributed by atoms with E-state index in [1.165, 1.54) is 14.1 Å². The second kappa shape index (κ2) is 15.1. The molecule has 9 nitrogen and oxygen atoms in total. The summed E-state index contributed by atoms with van der Waals surface area (Å²) in [5.74, 6) is -2.42. The first kappa shape index (κ1) is 25.0. The highest BCUT2D eigenvalue weighted by molar-refractivity contribution is 5.92. The van der Waals surface area contributed by atoms with Crippen molar-refractivity contribution in [2.45, 2.75) is 39.0 Å². The quantitative estimate of drug-likeness (QED) is 0.277. The molecule has 0 aliphatic carbocycles. The average molecular weight is 387 g/mol. The minimum absolute atomic E-state index is 0.0237. The van der Waals surface area contributed by atoms with E-state index < -0.39 is 11.8 Å². The summed E-state index contributed by atoms with van der Waals surface area (Å²) in [6, 6.07) is 0. The van der Waals surface area contributed by atoms with Gasteiger partial charge in [-0.05, 0) is 12.8 Å². The van der Waals surface area contributed by atoms with Crippen LogP contribution in [0.5, 0.6) is 0 Å². The van der Waals surface area contributed by atoms with Gasteiger partial charge in [-0.3, -0.25) is 19.2 Å². The maximum absolute atomic E-state index is 12.3. The van der Waals surface area contributed by atoms with Crippen molar-refractivity contribution in [2.24, 2.45) is 11.8 Å². The van der Waals surface area contributed by atoms with Gasteiger partial charge in [-0.15, -0.1) is 0 Å². The number of hydrogen-bond donors (Lipinski definition) is 4. The number of carbonyl (C=O) groups is 4. The minimum Gasteiger partial charge on any atom is -0.396 e. The molecule has 0 saturated carbocycles. The third-order valence-corrected chi connectivity index (χ3v) is 3.99. The molecule has 2 unspecified atom stereocenters. The molecule has 0 aromatic rings. The van der Waals surface area contributed by atoms with Crippen molar-refractivity contribution in [3.8, 4) is 0 Å². The van der Waals surface area contributed by atoms with E-state index >= 15 is 0 Å². The summed E-state index contributed by atoms with van der Waals surface area (Å²) in [6.45, 7) is 2.99. The lowest BCUT2D eigenvalue weighted by Gasteiger charge is -2.17. The third kappa shape index (κ3) is 12.1. The average Bonchev–Trinajstić information content (AvgIpc) is 2.65. The summed E-state index contributed by atoms with van der Waals surface area (Å²) >= 11 is 0. The smallest absolute Gasteiger partial charge is 0.224 e. The zero-order valence-electron chi connectivity index (χ0n) is 16.5. The highest BCUT2D eigenvalue weighted by Gasteiger charge is 2.26. The van der Waals surface area contributed by atoms with Gasteiger partial charge in [-0.1, -0.05) is 6.92 Å². The molecule has 9 heteroatoms. The second-order valence-electron chi connectivity index (χ2n) is 6.37. The number of carbonyl (C=O) groups excluding carboxylic acids is 4. The summed E-state index contributed by atoms with van der Waals surface area (Å²) in [6.07, 6.45) is 1.00. The maximum Gasteiger partial charge on any atom is 0.224 e. The Morgan fingerprint density at radius 1 is 0.926 bits per heavy atom. The number of rotatable bonds is 15. The Morgan fingerprint density at radius 3 is 2.19 bits per heavy atom. The van der Waals surface area contributed by atoms with Crippen molar-refractivity contribution < 1.29 is 29.0 Å². The standard InChI is InChI=1S/C18H33N3O6/c1-13(17(25)20-3)10-15(23)11-14(12-16(24)19-2)18(26)21-6-4-8-27-9-5-7-22/h13-14,22H,4-12H2,1-3H3,(H,19,24)(H,20,25)(H,21,26). The summed E-state index contributed by atoms with van der Waals surface area (Å²) < 4.78 is 5.27. The molecule has 4 N–H and O–H groups in total. The van der Waals surface area contributed by atoms with Gasteiger partial charge in [-0.2, -0.15) is 0 Å². The van der Waals surface area contributed by atoms with E-state index in [0.717, 1.165) is 0 Å². The van der Waals surface area contributed by atoms with Gasteiger partial charge in [0.25, 0.3) is 0 Å². The number of ketones is 1. The topological polar surface area (TPSA) is 134 Å². The van der Waals surface area contributed by atoms with Crippen LogP contribution in [0.2, 0.25) is 0 Å². The van der Waals surface area contributed by atoms with Crippen LogP contribution >= 0.6 is 0 Å². The van der Waals surface area contributed by atoms with Gasteiger partial charge in [0, 0.05) is 65.6 Å². The first-order chi connectivity index (χ1) is 12.8. The third-order valence-electron chi connectivity index (χ3n) is 3.99. The number of amides is 3. The molecular weight excluding hydrogens is 354 g/mol. The molecule has 156 valence electrons. The molecule has 0 heterocycles. The van der Waals surface area contributed by atoms with E-state index in [4.69, 9.17) is 9.84 Å². The Labute approximate surface area is 160 Å². The van der Waals surface area contributed by atoms with Crippen molar-refractivity contribution in [1.29, 1.82) is 0 Å². The number of aliphatic hydroxyl groups excluding tert-OH is 1. The number of aliphatic hydroxyl groups is 1. The van der Waals surface area contributed by atoms with Gasteiger partial charge in [0.1, 0.15) is 5.78 Å². The van der Waals surface area contributed by atoms with E-state index in [2.05, 4.69) is 16.0 Å². The van der Waals surface area contributed by atoms with Crippen LogP contribution in [0.3, 0.4) is 0 Å². The van der Waals surface area contributed by atoms with Gasteiger partial charge in [0.2, 0.25) is 17.7 Å². The minimum atomic E-state index is -0.773. The first-order valence-corrected chi connectivity index (χ1v) is 9.25. The zero-order chi connectivity index (χ0) is 20.7. The summed E-state index contributed by atoms with van der Waals surface area (Å²) in [7, 11) is 2.97. The fourth-order valence-corrected chi connectivity index (χ4v) is 2.42. The number of ether oxygens (including phenoxy) is 1. The van der Waals surface area contributed by atoms with Crippen LogP contribution in [0.25, 0.3) is 0 Å². The Morgan fingerprint density at radius 2 is 1.59 bits per heavy atom. The molecule has 0 aliphatic rings. The van der Waals surface area contributed by atoms with Crippen LogP contribution in [-0.4, -0.2) is 69.1 Å². The van der Waals surface area contributed by atoms with E-state index in [1.807, 2.05) is 0 Å². The van der Waals surface area contributed by atoms with Crippen molar-refractivity contribution in [3.05, 3.63) is 0 Å². The van der Waals surface area contributed by atoms with Crippen LogP contribution in [0.4, 0.5) is 0 Å². The number of hydrogen-bond acceptors (Lipinski definition) is 6. The Bertz CT molecular complexity index is 484. The van der Waals surface area contributed by atoms with Crippen LogP contribution in [0.1, 0.15) is 39.0 Å². The lowest BCUT2D eigenvalue weighted by atomic mass is 9.92. The van der Waals surface area contributed by atoms with Gasteiger partial charge < -0.3 is 25.8 Å². The van der Waals surface area contributed by atoms with E-state index in [9.17, 15) is 19.2 Å². The molecule has 0 radical (unpaired) electrons. The summed E-state index contributed by atoms with van der Waals surface area (Å²) in [5.41, 5.74) is 0. The first-order valence-electron chi connectivity index (χ1n) is 9.25. The Hall–Kier alpha value is -2.00. The van der Waals surface area contributed by atoms with Gasteiger partial charge in [0.05, 0.1) is 5.92 Å². The van der Waals surface area contributed by atoms with Gasteiger partial charge in [-0.25, -0.2) is 0 Å². The normalized spacial score (nSPS) is 12.7. The fourth-order valence-electron chi connectivity index (χ4n) is 2.42. The SMILES string of the molecule is CNC(=O)CC(CC(=O)CC(C)C(=O)NC)C(=O)NCCCOCCCO. The number of nitrogens with one attached hydrogen (secondary N) is 3. The highest BCUT2D eigenvalue weighted by atomic mass is 16.5. The van der Waals surface area contributed by atoms with Crippen molar-refractivity contribution in [1.82, 2.24) is 16.0 Å². The molecule has 3 amide bonds. The molecule has 2 atom stereocenters.